The smallest absolute Gasteiger partial charge is 0.351 e. The molecule has 0 spiro atoms. The van der Waals surface area contributed by atoms with E-state index in [1.807, 2.05) is 0 Å². The van der Waals surface area contributed by atoms with Crippen molar-refractivity contribution in [2.75, 3.05) is 34.5 Å². The van der Waals surface area contributed by atoms with Gasteiger partial charge in [-0.05, 0) is 36.8 Å². The highest BCUT2D eigenvalue weighted by Gasteiger charge is 2.21. The number of ether oxygens (including phenoxy) is 4. The molecule has 1 N–H and O–H groups in total. The monoisotopic (exact) mass is 441 g/mol. The molecule has 0 atom stereocenters. The normalized spacial score (nSPS) is 10.6. The summed E-state index contributed by atoms with van der Waals surface area (Å²) in [7, 11) is 4.43. The minimum atomic E-state index is -0.795. The van der Waals surface area contributed by atoms with Crippen molar-refractivity contribution < 1.29 is 33.0 Å². The number of rotatable bonds is 9. The fourth-order valence-electron chi connectivity index (χ4n) is 3.04. The van der Waals surface area contributed by atoms with Gasteiger partial charge in [0.1, 0.15) is 34.0 Å². The summed E-state index contributed by atoms with van der Waals surface area (Å²) in [6.45, 7) is 0.861. The molecule has 0 bridgehead atoms. The molecular weight excluding hydrogens is 418 g/mol. The van der Waals surface area contributed by atoms with Gasteiger partial charge in [-0.3, -0.25) is 4.79 Å². The summed E-state index contributed by atoms with van der Waals surface area (Å²) in [5.41, 5.74) is -0.613. The molecule has 0 unspecified atom stereocenters. The first-order chi connectivity index (χ1) is 15.5. The van der Waals surface area contributed by atoms with Gasteiger partial charge in [0.05, 0.1) is 14.2 Å². The van der Waals surface area contributed by atoms with Crippen LogP contribution in [-0.2, 0) is 4.74 Å². The molecule has 9 nitrogen and oxygen atoms in total. The molecule has 0 aliphatic rings. The van der Waals surface area contributed by atoms with E-state index in [-0.39, 0.29) is 22.5 Å². The Balaban J connectivity index is 1.83. The first kappa shape index (κ1) is 22.8. The summed E-state index contributed by atoms with van der Waals surface area (Å²) in [5, 5.41) is 3.15. The van der Waals surface area contributed by atoms with Crippen molar-refractivity contribution >= 4 is 22.8 Å². The summed E-state index contributed by atoms with van der Waals surface area (Å²) in [4.78, 5) is 37.3. The molecule has 32 heavy (non-hydrogen) atoms. The molecular formula is C23H23NO8. The molecule has 2 aromatic carbocycles. The second kappa shape index (κ2) is 10.5. The van der Waals surface area contributed by atoms with E-state index in [2.05, 4.69) is 5.32 Å². The third kappa shape index (κ3) is 5.06. The van der Waals surface area contributed by atoms with E-state index < -0.39 is 17.5 Å². The molecule has 0 saturated carbocycles. The quantitative estimate of drug-likeness (QED) is 0.233. The zero-order valence-corrected chi connectivity index (χ0v) is 17.9. The lowest BCUT2D eigenvalue weighted by Gasteiger charge is -2.12. The Morgan fingerprint density at radius 3 is 2.38 bits per heavy atom. The van der Waals surface area contributed by atoms with Gasteiger partial charge in [-0.15, -0.1) is 0 Å². The van der Waals surface area contributed by atoms with Crippen LogP contribution in [0.4, 0.5) is 0 Å². The number of nitrogens with one attached hydrogen (secondary N) is 1. The van der Waals surface area contributed by atoms with Crippen LogP contribution in [0.2, 0.25) is 0 Å². The fraction of sp³-hybridized carbons (Fsp3) is 0.261. The number of amides is 1. The molecule has 1 heterocycles. The van der Waals surface area contributed by atoms with E-state index in [1.54, 1.807) is 31.4 Å². The minimum absolute atomic E-state index is 0.113. The molecule has 0 fully saturated rings. The number of carbonyl (C=O) groups excluding carboxylic acids is 2. The molecule has 0 aliphatic carbocycles. The zero-order chi connectivity index (χ0) is 23.1. The Kier molecular flexibility index (Phi) is 7.45. The van der Waals surface area contributed by atoms with Gasteiger partial charge in [0.15, 0.2) is 0 Å². The van der Waals surface area contributed by atoms with Crippen LogP contribution < -0.4 is 25.2 Å². The van der Waals surface area contributed by atoms with Crippen molar-refractivity contribution in [2.45, 2.75) is 6.42 Å². The summed E-state index contributed by atoms with van der Waals surface area (Å²) < 4.78 is 26.1. The topological polar surface area (TPSA) is 113 Å². The van der Waals surface area contributed by atoms with E-state index in [0.717, 1.165) is 0 Å². The zero-order valence-electron chi connectivity index (χ0n) is 17.9. The second-order valence-corrected chi connectivity index (χ2v) is 6.68. The summed E-state index contributed by atoms with van der Waals surface area (Å²) in [6, 6.07) is 10.9. The number of benzene rings is 2. The first-order valence-corrected chi connectivity index (χ1v) is 9.76. The number of methoxy groups -OCH3 is 3. The van der Waals surface area contributed by atoms with Crippen molar-refractivity contribution in [3.8, 4) is 17.2 Å². The van der Waals surface area contributed by atoms with Crippen LogP contribution in [0.5, 0.6) is 17.2 Å². The van der Waals surface area contributed by atoms with E-state index in [0.29, 0.717) is 36.5 Å². The van der Waals surface area contributed by atoms with Crippen LogP contribution >= 0.6 is 0 Å². The minimum Gasteiger partial charge on any atom is -0.496 e. The van der Waals surface area contributed by atoms with Crippen LogP contribution in [0.25, 0.3) is 11.0 Å². The Morgan fingerprint density at radius 1 is 1.00 bits per heavy atom. The van der Waals surface area contributed by atoms with Crippen LogP contribution in [-0.4, -0.2) is 46.4 Å². The van der Waals surface area contributed by atoms with E-state index in [9.17, 15) is 14.4 Å². The van der Waals surface area contributed by atoms with Gasteiger partial charge in [-0.2, -0.15) is 0 Å². The fourth-order valence-corrected chi connectivity index (χ4v) is 3.04. The predicted molar refractivity (Wildman–Crippen MR) is 116 cm³/mol. The van der Waals surface area contributed by atoms with Gasteiger partial charge in [0.2, 0.25) is 0 Å². The Hall–Kier alpha value is -3.85. The van der Waals surface area contributed by atoms with E-state index >= 15 is 0 Å². The van der Waals surface area contributed by atoms with Gasteiger partial charge in [0.25, 0.3) is 5.91 Å². The Bertz CT molecular complexity index is 1160. The molecule has 3 rings (SSSR count). The van der Waals surface area contributed by atoms with Crippen LogP contribution in [0.1, 0.15) is 27.1 Å². The maximum Gasteiger partial charge on any atom is 0.351 e. The van der Waals surface area contributed by atoms with Gasteiger partial charge >= 0.3 is 11.6 Å². The van der Waals surface area contributed by atoms with Crippen LogP contribution in [0.3, 0.4) is 0 Å². The maximum absolute atomic E-state index is 12.7. The number of esters is 1. The average Bonchev–Trinajstić information content (AvgIpc) is 2.80. The summed E-state index contributed by atoms with van der Waals surface area (Å²) in [6.07, 6.45) is 0.618. The van der Waals surface area contributed by atoms with Gasteiger partial charge in [-0.1, -0.05) is 6.07 Å². The molecule has 0 radical (unpaired) electrons. The molecule has 9 heteroatoms. The van der Waals surface area contributed by atoms with Gasteiger partial charge in [0, 0.05) is 31.7 Å². The van der Waals surface area contributed by atoms with Gasteiger partial charge < -0.3 is 28.7 Å². The molecule has 3 aromatic rings. The SMILES string of the molecule is COCCCNC(=O)c1cc2ccc(OC(=O)c3c(OC)cccc3OC)cc2oc1=O. The van der Waals surface area contributed by atoms with Crippen LogP contribution in [0.15, 0.2) is 51.7 Å². The number of carbonyl (C=O) groups is 2. The van der Waals surface area contributed by atoms with Crippen molar-refractivity contribution in [2.24, 2.45) is 0 Å². The average molecular weight is 441 g/mol. The molecule has 1 aromatic heterocycles. The second-order valence-electron chi connectivity index (χ2n) is 6.68. The van der Waals surface area contributed by atoms with Crippen LogP contribution in [0, 0.1) is 0 Å². The van der Waals surface area contributed by atoms with Crippen molar-refractivity contribution in [1.29, 1.82) is 0 Å². The third-order valence-electron chi connectivity index (χ3n) is 4.61. The van der Waals surface area contributed by atoms with E-state index in [4.69, 9.17) is 23.4 Å². The lowest BCUT2D eigenvalue weighted by atomic mass is 10.1. The third-order valence-corrected chi connectivity index (χ3v) is 4.61. The highest BCUT2D eigenvalue weighted by atomic mass is 16.5. The summed E-state index contributed by atoms with van der Waals surface area (Å²) in [5.74, 6) is -0.496. The largest absolute Gasteiger partial charge is 0.496 e. The Labute approximate surface area is 183 Å². The predicted octanol–water partition coefficient (Wildman–Crippen LogP) is 2.80. The molecule has 0 saturated heterocycles. The maximum atomic E-state index is 12.7. The van der Waals surface area contributed by atoms with Crippen molar-refractivity contribution in [3.05, 3.63) is 64.0 Å². The first-order valence-electron chi connectivity index (χ1n) is 9.76. The van der Waals surface area contributed by atoms with Crippen molar-refractivity contribution in [1.82, 2.24) is 5.32 Å². The van der Waals surface area contributed by atoms with E-state index in [1.165, 1.54) is 32.4 Å². The molecule has 1 amide bonds. The Morgan fingerprint density at radius 2 is 1.72 bits per heavy atom. The highest BCUT2D eigenvalue weighted by Crippen LogP contribution is 2.30. The van der Waals surface area contributed by atoms with Gasteiger partial charge in [-0.25, -0.2) is 9.59 Å². The molecule has 0 aliphatic heterocycles. The lowest BCUT2D eigenvalue weighted by Crippen LogP contribution is -2.29. The van der Waals surface area contributed by atoms with Crippen molar-refractivity contribution in [3.63, 3.8) is 0 Å². The number of hydrogen-bond donors (Lipinski definition) is 1. The lowest BCUT2D eigenvalue weighted by molar-refractivity contribution is 0.0727. The highest BCUT2D eigenvalue weighted by molar-refractivity contribution is 5.98. The number of hydrogen-bond acceptors (Lipinski definition) is 8. The number of fused-ring (bicyclic) bond motifs is 1. The summed E-state index contributed by atoms with van der Waals surface area (Å²) >= 11 is 0. The molecule has 168 valence electrons. The standard InChI is InChI=1S/C23H23NO8/c1-28-11-5-10-24-21(25)16-12-14-8-9-15(13-19(14)32-22(16)26)31-23(27)20-17(29-2)6-4-7-18(20)30-3/h4,6-9,12-13H,5,10-11H2,1-3H3,(H,24,25).